The number of hydrogen-bond acceptors (Lipinski definition) is 3. The Morgan fingerprint density at radius 1 is 1.20 bits per heavy atom. The summed E-state index contributed by atoms with van der Waals surface area (Å²) in [5.41, 5.74) is 2.56. The lowest BCUT2D eigenvalue weighted by Crippen LogP contribution is -2.26. The van der Waals surface area contributed by atoms with Gasteiger partial charge in [-0.2, -0.15) is 0 Å². The first kappa shape index (κ1) is 15.2. The fourth-order valence-corrected chi connectivity index (χ4v) is 3.28. The van der Waals surface area contributed by atoms with Crippen molar-refractivity contribution in [1.29, 1.82) is 0 Å². The van der Waals surface area contributed by atoms with Gasteiger partial charge in [0.2, 0.25) is 0 Å². The highest BCUT2D eigenvalue weighted by molar-refractivity contribution is 7.09. The molecule has 2 aromatic rings. The van der Waals surface area contributed by atoms with Gasteiger partial charge >= 0.3 is 0 Å². The van der Waals surface area contributed by atoms with Crippen LogP contribution >= 0.6 is 11.3 Å². The van der Waals surface area contributed by atoms with E-state index < -0.39 is 0 Å². The number of rotatable bonds is 8. The van der Waals surface area contributed by atoms with Crippen LogP contribution in [0.5, 0.6) is 0 Å². The fourth-order valence-electron chi connectivity index (χ4n) is 2.39. The van der Waals surface area contributed by atoms with Gasteiger partial charge in [0.15, 0.2) is 0 Å². The van der Waals surface area contributed by atoms with E-state index in [1.807, 2.05) is 0 Å². The molecule has 1 atom stereocenters. The van der Waals surface area contributed by atoms with E-state index in [4.69, 9.17) is 0 Å². The second kappa shape index (κ2) is 8.18. The van der Waals surface area contributed by atoms with Crippen molar-refractivity contribution in [3.63, 3.8) is 0 Å². The summed E-state index contributed by atoms with van der Waals surface area (Å²) in [6, 6.07) is 10.8. The smallest absolute Gasteiger partial charge is 0.0931 e. The van der Waals surface area contributed by atoms with E-state index in [2.05, 4.69) is 59.9 Å². The molecule has 3 heteroatoms. The molecule has 1 unspecified atom stereocenters. The van der Waals surface area contributed by atoms with Crippen LogP contribution in [-0.4, -0.2) is 18.1 Å². The molecule has 0 saturated carbocycles. The van der Waals surface area contributed by atoms with Gasteiger partial charge in [-0.3, -0.25) is 0 Å². The molecular formula is C17H24N2S. The van der Waals surface area contributed by atoms with Crippen LogP contribution in [0.25, 0.3) is 0 Å². The standard InChI is InChI=1S/C17H24N2S/c1-3-9-18-12-16(10-15-7-5-4-6-8-15)11-17-19-14(2)13-20-17/h4-8,13,16,18H,3,9-12H2,1-2H3. The number of hydrogen-bond donors (Lipinski definition) is 1. The molecule has 0 aliphatic carbocycles. The molecule has 1 aromatic carbocycles. The van der Waals surface area contributed by atoms with Crippen LogP contribution in [0.4, 0.5) is 0 Å². The van der Waals surface area contributed by atoms with E-state index in [1.165, 1.54) is 17.0 Å². The Labute approximate surface area is 126 Å². The van der Waals surface area contributed by atoms with Crippen LogP contribution in [0, 0.1) is 12.8 Å². The average molecular weight is 288 g/mol. The van der Waals surface area contributed by atoms with E-state index in [0.717, 1.165) is 31.6 Å². The summed E-state index contributed by atoms with van der Waals surface area (Å²) in [6.45, 7) is 6.45. The lowest BCUT2D eigenvalue weighted by atomic mass is 9.96. The maximum Gasteiger partial charge on any atom is 0.0931 e. The molecule has 2 rings (SSSR count). The molecule has 1 aromatic heterocycles. The van der Waals surface area contributed by atoms with Crippen LogP contribution in [0.1, 0.15) is 29.6 Å². The number of aryl methyl sites for hydroxylation is 1. The van der Waals surface area contributed by atoms with Gasteiger partial charge in [0.05, 0.1) is 5.01 Å². The molecule has 0 fully saturated rings. The molecule has 0 aliphatic heterocycles. The van der Waals surface area contributed by atoms with E-state index >= 15 is 0 Å². The van der Waals surface area contributed by atoms with Crippen molar-refractivity contribution in [2.24, 2.45) is 5.92 Å². The zero-order valence-electron chi connectivity index (χ0n) is 12.4. The second-order valence-electron chi connectivity index (χ2n) is 5.35. The maximum absolute atomic E-state index is 4.61. The molecule has 0 aliphatic rings. The number of benzene rings is 1. The number of aromatic nitrogens is 1. The Morgan fingerprint density at radius 3 is 2.65 bits per heavy atom. The van der Waals surface area contributed by atoms with Crippen molar-refractivity contribution in [2.45, 2.75) is 33.1 Å². The third-order valence-corrected chi connectivity index (χ3v) is 4.35. The molecule has 0 spiro atoms. The molecule has 0 amide bonds. The Kier molecular flexibility index (Phi) is 6.22. The maximum atomic E-state index is 4.61. The first-order valence-electron chi connectivity index (χ1n) is 7.43. The average Bonchev–Trinajstić information content (AvgIpc) is 2.85. The van der Waals surface area contributed by atoms with Crippen LogP contribution < -0.4 is 5.32 Å². The zero-order valence-corrected chi connectivity index (χ0v) is 13.2. The van der Waals surface area contributed by atoms with Crippen molar-refractivity contribution in [3.05, 3.63) is 52.0 Å². The molecule has 0 bridgehead atoms. The van der Waals surface area contributed by atoms with Crippen molar-refractivity contribution in [1.82, 2.24) is 10.3 Å². The predicted octanol–water partition coefficient (Wildman–Crippen LogP) is 3.85. The first-order valence-corrected chi connectivity index (χ1v) is 8.31. The van der Waals surface area contributed by atoms with Gasteiger partial charge in [-0.15, -0.1) is 11.3 Å². The summed E-state index contributed by atoms with van der Waals surface area (Å²) in [6.07, 6.45) is 3.38. The van der Waals surface area contributed by atoms with Gasteiger partial charge in [0.1, 0.15) is 0 Å². The molecule has 1 N–H and O–H groups in total. The Bertz CT molecular complexity index is 493. The molecule has 108 valence electrons. The Morgan fingerprint density at radius 2 is 2.00 bits per heavy atom. The second-order valence-corrected chi connectivity index (χ2v) is 6.29. The van der Waals surface area contributed by atoms with Crippen LogP contribution in [-0.2, 0) is 12.8 Å². The number of nitrogens with one attached hydrogen (secondary N) is 1. The normalized spacial score (nSPS) is 12.5. The summed E-state index contributed by atoms with van der Waals surface area (Å²) in [5.74, 6) is 0.620. The van der Waals surface area contributed by atoms with Crippen molar-refractivity contribution in [3.8, 4) is 0 Å². The van der Waals surface area contributed by atoms with Gasteiger partial charge < -0.3 is 5.32 Å². The first-order chi connectivity index (χ1) is 9.78. The minimum atomic E-state index is 0.620. The van der Waals surface area contributed by atoms with Crippen molar-refractivity contribution >= 4 is 11.3 Å². The number of thiazole rings is 1. The quantitative estimate of drug-likeness (QED) is 0.746. The molecule has 1 heterocycles. The summed E-state index contributed by atoms with van der Waals surface area (Å²) < 4.78 is 0. The van der Waals surface area contributed by atoms with Crippen molar-refractivity contribution < 1.29 is 0 Å². The minimum Gasteiger partial charge on any atom is -0.316 e. The van der Waals surface area contributed by atoms with Crippen LogP contribution in [0.15, 0.2) is 35.7 Å². The molecule has 0 saturated heterocycles. The Hall–Kier alpha value is -1.19. The van der Waals surface area contributed by atoms with E-state index in [9.17, 15) is 0 Å². The largest absolute Gasteiger partial charge is 0.316 e. The highest BCUT2D eigenvalue weighted by Gasteiger charge is 2.12. The Balaban J connectivity index is 1.96. The third kappa shape index (κ3) is 5.06. The molecule has 20 heavy (non-hydrogen) atoms. The van der Waals surface area contributed by atoms with Gasteiger partial charge in [-0.1, -0.05) is 37.3 Å². The lowest BCUT2D eigenvalue weighted by molar-refractivity contribution is 0.470. The lowest BCUT2D eigenvalue weighted by Gasteiger charge is -2.16. The molecular weight excluding hydrogens is 264 g/mol. The van der Waals surface area contributed by atoms with Gasteiger partial charge in [-0.05, 0) is 44.3 Å². The SMILES string of the molecule is CCCNCC(Cc1ccccc1)Cc1nc(C)cs1. The summed E-state index contributed by atoms with van der Waals surface area (Å²) in [5, 5.41) is 6.97. The summed E-state index contributed by atoms with van der Waals surface area (Å²) in [7, 11) is 0. The van der Waals surface area contributed by atoms with Crippen molar-refractivity contribution in [2.75, 3.05) is 13.1 Å². The fraction of sp³-hybridized carbons (Fsp3) is 0.471. The van der Waals surface area contributed by atoms with Gasteiger partial charge in [0, 0.05) is 17.5 Å². The predicted molar refractivity (Wildman–Crippen MR) is 87.4 cm³/mol. The minimum absolute atomic E-state index is 0.620. The molecule has 0 radical (unpaired) electrons. The molecule has 2 nitrogen and oxygen atoms in total. The van der Waals surface area contributed by atoms with E-state index in [0.29, 0.717) is 5.92 Å². The third-order valence-electron chi connectivity index (χ3n) is 3.36. The summed E-state index contributed by atoms with van der Waals surface area (Å²) >= 11 is 1.79. The van der Waals surface area contributed by atoms with Crippen LogP contribution in [0.2, 0.25) is 0 Å². The monoisotopic (exact) mass is 288 g/mol. The zero-order chi connectivity index (χ0) is 14.2. The van der Waals surface area contributed by atoms with E-state index in [-0.39, 0.29) is 0 Å². The van der Waals surface area contributed by atoms with E-state index in [1.54, 1.807) is 11.3 Å². The number of nitrogens with zero attached hydrogens (tertiary/aromatic N) is 1. The van der Waals surface area contributed by atoms with Crippen LogP contribution in [0.3, 0.4) is 0 Å². The highest BCUT2D eigenvalue weighted by Crippen LogP contribution is 2.17. The highest BCUT2D eigenvalue weighted by atomic mass is 32.1. The topological polar surface area (TPSA) is 24.9 Å². The van der Waals surface area contributed by atoms with Gasteiger partial charge in [-0.25, -0.2) is 4.98 Å². The summed E-state index contributed by atoms with van der Waals surface area (Å²) in [4.78, 5) is 4.61. The van der Waals surface area contributed by atoms with Gasteiger partial charge in [0.25, 0.3) is 0 Å².